The number of hydrogen-bond acceptors (Lipinski definition) is 2. The first-order valence-electron chi connectivity index (χ1n) is 6.40. The van der Waals surface area contributed by atoms with Crippen molar-refractivity contribution in [3.63, 3.8) is 0 Å². The van der Waals surface area contributed by atoms with Crippen molar-refractivity contribution < 1.29 is 5.11 Å². The van der Waals surface area contributed by atoms with Gasteiger partial charge in [-0.25, -0.2) is 0 Å². The topological polar surface area (TPSA) is 23.5 Å². The van der Waals surface area contributed by atoms with E-state index in [1.807, 2.05) is 0 Å². The molecule has 2 fully saturated rings. The van der Waals surface area contributed by atoms with Crippen molar-refractivity contribution >= 4 is 0 Å². The Morgan fingerprint density at radius 3 is 2.53 bits per heavy atom. The molecule has 1 saturated heterocycles. The second kappa shape index (κ2) is 3.91. The number of aliphatic hydroxyl groups excluding tert-OH is 1. The number of piperidine rings is 1. The van der Waals surface area contributed by atoms with Crippen LogP contribution in [0.4, 0.5) is 0 Å². The molecule has 1 heterocycles. The summed E-state index contributed by atoms with van der Waals surface area (Å²) in [4.78, 5) is 2.56. The van der Waals surface area contributed by atoms with Gasteiger partial charge in [0.15, 0.2) is 0 Å². The summed E-state index contributed by atoms with van der Waals surface area (Å²) in [5, 5.41) is 9.46. The zero-order chi connectivity index (χ0) is 10.3. The van der Waals surface area contributed by atoms with Crippen molar-refractivity contribution in [2.45, 2.75) is 31.8 Å². The average molecular weight is 207 g/mol. The Morgan fingerprint density at radius 2 is 1.93 bits per heavy atom. The maximum Gasteiger partial charge on any atom is 0.0564 e. The van der Waals surface area contributed by atoms with Crippen LogP contribution in [0.25, 0.3) is 0 Å². The number of rotatable bonds is 2. The number of allylic oxidation sites excluding steroid dienone is 2. The molecule has 2 nitrogen and oxygen atoms in total. The van der Waals surface area contributed by atoms with Gasteiger partial charge in [-0.1, -0.05) is 12.2 Å². The molecule has 0 aromatic rings. The van der Waals surface area contributed by atoms with E-state index in [9.17, 15) is 5.11 Å². The molecule has 0 aromatic heterocycles. The first-order valence-corrected chi connectivity index (χ1v) is 6.40. The van der Waals surface area contributed by atoms with Crippen molar-refractivity contribution in [2.75, 3.05) is 19.6 Å². The van der Waals surface area contributed by atoms with Crippen LogP contribution in [0.2, 0.25) is 0 Å². The first kappa shape index (κ1) is 9.86. The Hall–Kier alpha value is -0.340. The molecule has 84 valence electrons. The van der Waals surface area contributed by atoms with Gasteiger partial charge in [0.05, 0.1) is 6.10 Å². The lowest BCUT2D eigenvalue weighted by molar-refractivity contribution is 0.0724. The van der Waals surface area contributed by atoms with Crippen LogP contribution in [-0.4, -0.2) is 35.7 Å². The van der Waals surface area contributed by atoms with E-state index in [0.29, 0.717) is 0 Å². The Bertz CT molecular complexity index is 255. The third-order valence-electron chi connectivity index (χ3n) is 4.47. The summed E-state index contributed by atoms with van der Waals surface area (Å²) in [6.45, 7) is 3.50. The molecule has 1 N–H and O–H groups in total. The van der Waals surface area contributed by atoms with Crippen LogP contribution in [0, 0.1) is 17.8 Å². The van der Waals surface area contributed by atoms with Crippen LogP contribution in [-0.2, 0) is 0 Å². The lowest BCUT2D eigenvalue weighted by Gasteiger charge is -2.33. The van der Waals surface area contributed by atoms with Gasteiger partial charge >= 0.3 is 0 Å². The van der Waals surface area contributed by atoms with Gasteiger partial charge < -0.3 is 10.0 Å². The second-order valence-corrected chi connectivity index (χ2v) is 5.57. The van der Waals surface area contributed by atoms with Crippen molar-refractivity contribution in [2.24, 2.45) is 17.8 Å². The van der Waals surface area contributed by atoms with E-state index >= 15 is 0 Å². The quantitative estimate of drug-likeness (QED) is 0.696. The molecule has 0 radical (unpaired) electrons. The summed E-state index contributed by atoms with van der Waals surface area (Å²) in [6.07, 6.45) is 9.63. The highest BCUT2D eigenvalue weighted by Gasteiger charge is 2.36. The van der Waals surface area contributed by atoms with Gasteiger partial charge in [0.1, 0.15) is 0 Å². The van der Waals surface area contributed by atoms with Crippen LogP contribution >= 0.6 is 0 Å². The molecule has 1 aliphatic heterocycles. The molecule has 1 saturated carbocycles. The van der Waals surface area contributed by atoms with Crippen LogP contribution in [0.1, 0.15) is 25.7 Å². The number of likely N-dealkylation sites (tertiary alicyclic amines) is 1. The van der Waals surface area contributed by atoms with Gasteiger partial charge in [0, 0.05) is 19.6 Å². The van der Waals surface area contributed by atoms with Crippen LogP contribution in [0.5, 0.6) is 0 Å². The highest BCUT2D eigenvalue weighted by molar-refractivity contribution is 5.10. The molecule has 0 aromatic carbocycles. The van der Waals surface area contributed by atoms with Gasteiger partial charge in [-0.15, -0.1) is 0 Å². The monoisotopic (exact) mass is 207 g/mol. The fraction of sp³-hybridized carbons (Fsp3) is 0.846. The predicted octanol–water partition coefficient (Wildman–Crippen LogP) is 1.66. The van der Waals surface area contributed by atoms with Crippen molar-refractivity contribution in [3.05, 3.63) is 12.2 Å². The second-order valence-electron chi connectivity index (χ2n) is 5.57. The molecule has 15 heavy (non-hydrogen) atoms. The lowest BCUT2D eigenvalue weighted by Crippen LogP contribution is -2.39. The fourth-order valence-corrected chi connectivity index (χ4v) is 3.54. The van der Waals surface area contributed by atoms with Crippen molar-refractivity contribution in [3.8, 4) is 0 Å². The summed E-state index contributed by atoms with van der Waals surface area (Å²) in [5.41, 5.74) is 0. The minimum absolute atomic E-state index is 0.0267. The van der Waals surface area contributed by atoms with E-state index in [1.54, 1.807) is 0 Å². The van der Waals surface area contributed by atoms with Gasteiger partial charge in [0.2, 0.25) is 0 Å². The van der Waals surface area contributed by atoms with E-state index in [0.717, 1.165) is 43.7 Å². The molecule has 3 rings (SSSR count). The normalized spacial score (nSPS) is 41.5. The van der Waals surface area contributed by atoms with Crippen molar-refractivity contribution in [1.29, 1.82) is 0 Å². The maximum atomic E-state index is 9.46. The summed E-state index contributed by atoms with van der Waals surface area (Å²) in [5.74, 6) is 2.69. The van der Waals surface area contributed by atoms with Gasteiger partial charge in [-0.05, 0) is 43.4 Å². The molecule has 0 amide bonds. The molecule has 2 heteroatoms. The van der Waals surface area contributed by atoms with Gasteiger partial charge in [0.25, 0.3) is 0 Å². The van der Waals surface area contributed by atoms with E-state index in [1.165, 1.54) is 19.4 Å². The highest BCUT2D eigenvalue weighted by Crippen LogP contribution is 2.43. The Labute approximate surface area is 92.0 Å². The summed E-state index contributed by atoms with van der Waals surface area (Å²) < 4.78 is 0. The molecule has 0 unspecified atom stereocenters. The van der Waals surface area contributed by atoms with Crippen LogP contribution in [0.3, 0.4) is 0 Å². The van der Waals surface area contributed by atoms with Gasteiger partial charge in [-0.3, -0.25) is 0 Å². The summed E-state index contributed by atoms with van der Waals surface area (Å²) in [6, 6.07) is 0. The molecular formula is C13H21NO. The first-order chi connectivity index (χ1) is 7.31. The number of nitrogens with zero attached hydrogens (tertiary/aromatic N) is 1. The van der Waals surface area contributed by atoms with E-state index in [-0.39, 0.29) is 6.10 Å². The van der Waals surface area contributed by atoms with Crippen molar-refractivity contribution in [1.82, 2.24) is 4.90 Å². The average Bonchev–Trinajstić information content (AvgIpc) is 2.83. The fourth-order valence-electron chi connectivity index (χ4n) is 3.54. The molecule has 3 aliphatic rings. The largest absolute Gasteiger partial charge is 0.393 e. The standard InChI is InChI=1S/C13H21NO/c15-13-3-5-14(6-4-13)9-12-8-10-1-2-11(12)7-10/h1-2,10-13,15H,3-9H2/t10-,11-,12+/m0/s1. The Balaban J connectivity index is 1.51. The van der Waals surface area contributed by atoms with Crippen LogP contribution < -0.4 is 0 Å². The minimum atomic E-state index is -0.0267. The summed E-state index contributed by atoms with van der Waals surface area (Å²) in [7, 11) is 0. The molecule has 2 bridgehead atoms. The smallest absolute Gasteiger partial charge is 0.0564 e. The van der Waals surface area contributed by atoms with Gasteiger partial charge in [-0.2, -0.15) is 0 Å². The summed E-state index contributed by atoms with van der Waals surface area (Å²) >= 11 is 0. The predicted molar refractivity (Wildman–Crippen MR) is 60.5 cm³/mol. The van der Waals surface area contributed by atoms with Crippen LogP contribution in [0.15, 0.2) is 12.2 Å². The zero-order valence-electron chi connectivity index (χ0n) is 9.31. The number of aliphatic hydroxyl groups is 1. The Morgan fingerprint density at radius 1 is 1.13 bits per heavy atom. The molecule has 2 aliphatic carbocycles. The third-order valence-corrected chi connectivity index (χ3v) is 4.47. The molecule has 3 atom stereocenters. The highest BCUT2D eigenvalue weighted by atomic mass is 16.3. The third kappa shape index (κ3) is 1.98. The minimum Gasteiger partial charge on any atom is -0.393 e. The van der Waals surface area contributed by atoms with E-state index in [2.05, 4.69) is 17.1 Å². The molecule has 0 spiro atoms. The SMILES string of the molecule is OC1CCN(C[C@H]2C[C@H]3C=C[C@H]2C3)CC1. The maximum absolute atomic E-state index is 9.46. The Kier molecular flexibility index (Phi) is 2.57. The lowest BCUT2D eigenvalue weighted by atomic mass is 9.92. The van der Waals surface area contributed by atoms with E-state index in [4.69, 9.17) is 0 Å². The molecular weight excluding hydrogens is 186 g/mol. The number of fused-ring (bicyclic) bond motifs is 2. The zero-order valence-corrected chi connectivity index (χ0v) is 9.31. The number of hydrogen-bond donors (Lipinski definition) is 1. The van der Waals surface area contributed by atoms with E-state index < -0.39 is 0 Å².